The monoisotopic (exact) mass is 498 g/mol. The van der Waals surface area contributed by atoms with Crippen molar-refractivity contribution < 1.29 is 9.53 Å². The lowest BCUT2D eigenvalue weighted by Crippen LogP contribution is -2.42. The lowest BCUT2D eigenvalue weighted by molar-refractivity contribution is 0.0184. The van der Waals surface area contributed by atoms with E-state index < -0.39 is 5.60 Å². The van der Waals surface area contributed by atoms with Gasteiger partial charge in [-0.3, -0.25) is 0 Å². The number of likely N-dealkylation sites (tertiary alicyclic amines) is 1. The number of benzene rings is 2. The first-order chi connectivity index (χ1) is 15.3. The van der Waals surface area contributed by atoms with Crippen LogP contribution in [0.15, 0.2) is 53.0 Å². The summed E-state index contributed by atoms with van der Waals surface area (Å²) < 4.78 is 6.68. The number of ether oxygens (including phenoxy) is 1. The molecule has 2 heterocycles. The first kappa shape index (κ1) is 23.2. The van der Waals surface area contributed by atoms with E-state index in [1.54, 1.807) is 0 Å². The Balaban J connectivity index is 1.42. The Hall–Kier alpha value is -2.01. The Morgan fingerprint density at radius 3 is 2.38 bits per heavy atom. The molecule has 2 fully saturated rings. The molecule has 0 saturated carbocycles. The number of piperidine rings is 1. The molecule has 0 radical (unpaired) electrons. The van der Waals surface area contributed by atoms with Crippen molar-refractivity contribution in [1.29, 1.82) is 0 Å². The van der Waals surface area contributed by atoms with E-state index in [9.17, 15) is 4.79 Å². The molecule has 2 saturated heterocycles. The van der Waals surface area contributed by atoms with Gasteiger partial charge in [-0.25, -0.2) is 4.79 Å². The Labute approximate surface area is 201 Å². The summed E-state index contributed by atoms with van der Waals surface area (Å²) in [4.78, 5) is 16.8. The quantitative estimate of drug-likeness (QED) is 0.455. The Kier molecular flexibility index (Phi) is 7.14. The number of hydrogen-bond donors (Lipinski definition) is 0. The molecule has 32 heavy (non-hydrogen) atoms. The van der Waals surface area contributed by atoms with E-state index in [4.69, 9.17) is 4.74 Å². The fourth-order valence-electron chi connectivity index (χ4n) is 5.03. The predicted octanol–water partition coefficient (Wildman–Crippen LogP) is 6.98. The third kappa shape index (κ3) is 5.67. The van der Waals surface area contributed by atoms with Crippen molar-refractivity contribution in [2.45, 2.75) is 64.5 Å². The standard InChI is InChI=1S/C27H35BrN2O2/c1-27(2,3)32-26(31)29-17-14-20(15-18-29)19-21-7-4-5-8-24(21)25-9-6-16-30(25)23-12-10-22(28)11-13-23/h4-5,7-8,10-13,20,25H,6,9,14-19H2,1-3H3. The number of nitrogens with zero attached hydrogens (tertiary/aromatic N) is 2. The summed E-state index contributed by atoms with van der Waals surface area (Å²) in [5.74, 6) is 0.609. The average molecular weight is 499 g/mol. The second-order valence-corrected chi connectivity index (χ2v) is 11.1. The van der Waals surface area contributed by atoms with Gasteiger partial charge in [-0.05, 0) is 94.2 Å². The number of anilines is 1. The summed E-state index contributed by atoms with van der Waals surface area (Å²) in [6, 6.07) is 18.1. The molecule has 5 heteroatoms. The van der Waals surface area contributed by atoms with Crippen molar-refractivity contribution in [3.05, 3.63) is 64.1 Å². The molecule has 2 aromatic rings. The predicted molar refractivity (Wildman–Crippen MR) is 134 cm³/mol. The molecule has 1 atom stereocenters. The van der Waals surface area contributed by atoms with E-state index in [0.29, 0.717) is 12.0 Å². The Bertz CT molecular complexity index is 914. The van der Waals surface area contributed by atoms with Crippen LogP contribution < -0.4 is 4.90 Å². The molecule has 4 rings (SSSR count). The minimum absolute atomic E-state index is 0.174. The molecular weight excluding hydrogens is 464 g/mol. The van der Waals surface area contributed by atoms with Crippen LogP contribution in [-0.2, 0) is 11.2 Å². The first-order valence-electron chi connectivity index (χ1n) is 11.9. The normalized spacial score (nSPS) is 19.9. The fourth-order valence-corrected chi connectivity index (χ4v) is 5.30. The summed E-state index contributed by atoms with van der Waals surface area (Å²) in [6.07, 6.45) is 5.41. The smallest absolute Gasteiger partial charge is 0.410 e. The van der Waals surface area contributed by atoms with E-state index in [2.05, 4.69) is 69.4 Å². The van der Waals surface area contributed by atoms with Gasteiger partial charge in [0.15, 0.2) is 0 Å². The number of halogens is 1. The van der Waals surface area contributed by atoms with Crippen LogP contribution in [0.2, 0.25) is 0 Å². The highest BCUT2D eigenvalue weighted by atomic mass is 79.9. The molecule has 0 aliphatic carbocycles. The van der Waals surface area contributed by atoms with Gasteiger partial charge in [-0.15, -0.1) is 0 Å². The van der Waals surface area contributed by atoms with Gasteiger partial charge in [-0.2, -0.15) is 0 Å². The van der Waals surface area contributed by atoms with Gasteiger partial charge in [0.2, 0.25) is 0 Å². The summed E-state index contributed by atoms with van der Waals surface area (Å²) in [6.45, 7) is 8.46. The van der Waals surface area contributed by atoms with Crippen LogP contribution >= 0.6 is 15.9 Å². The summed E-state index contributed by atoms with van der Waals surface area (Å²) >= 11 is 3.56. The van der Waals surface area contributed by atoms with Crippen molar-refractivity contribution >= 4 is 27.7 Å². The van der Waals surface area contributed by atoms with Crippen LogP contribution in [0.4, 0.5) is 10.5 Å². The zero-order valence-electron chi connectivity index (χ0n) is 19.5. The van der Waals surface area contributed by atoms with E-state index in [1.807, 2.05) is 25.7 Å². The van der Waals surface area contributed by atoms with Crippen molar-refractivity contribution in [1.82, 2.24) is 4.90 Å². The van der Waals surface area contributed by atoms with Crippen LogP contribution in [0.1, 0.15) is 63.6 Å². The number of hydrogen-bond acceptors (Lipinski definition) is 3. The van der Waals surface area contributed by atoms with Crippen LogP contribution in [0.3, 0.4) is 0 Å². The van der Waals surface area contributed by atoms with Crippen molar-refractivity contribution in [3.63, 3.8) is 0 Å². The van der Waals surface area contributed by atoms with E-state index in [-0.39, 0.29) is 6.09 Å². The van der Waals surface area contributed by atoms with E-state index >= 15 is 0 Å². The zero-order chi connectivity index (χ0) is 22.7. The second-order valence-electron chi connectivity index (χ2n) is 10.1. The maximum absolute atomic E-state index is 12.4. The summed E-state index contributed by atoms with van der Waals surface area (Å²) in [5, 5.41) is 0. The van der Waals surface area contributed by atoms with Crippen LogP contribution in [0.25, 0.3) is 0 Å². The molecule has 1 unspecified atom stereocenters. The Morgan fingerprint density at radius 2 is 1.69 bits per heavy atom. The van der Waals surface area contributed by atoms with E-state index in [1.165, 1.54) is 29.7 Å². The van der Waals surface area contributed by atoms with Crippen LogP contribution in [0.5, 0.6) is 0 Å². The third-order valence-corrected chi connectivity index (χ3v) is 7.13. The fraction of sp³-hybridized carbons (Fsp3) is 0.519. The summed E-state index contributed by atoms with van der Waals surface area (Å²) in [7, 11) is 0. The number of rotatable bonds is 4. The highest BCUT2D eigenvalue weighted by Gasteiger charge is 2.30. The van der Waals surface area contributed by atoms with Crippen molar-refractivity contribution in [3.8, 4) is 0 Å². The highest BCUT2D eigenvalue weighted by Crippen LogP contribution is 2.39. The minimum atomic E-state index is -0.436. The molecule has 0 spiro atoms. The van der Waals surface area contributed by atoms with Gasteiger partial charge >= 0.3 is 6.09 Å². The largest absolute Gasteiger partial charge is 0.444 e. The number of carbonyl (C=O) groups is 1. The number of amides is 1. The molecular formula is C27H35BrN2O2. The van der Waals surface area contributed by atoms with Gasteiger partial charge < -0.3 is 14.5 Å². The van der Waals surface area contributed by atoms with Gasteiger partial charge in [0.05, 0.1) is 6.04 Å². The first-order valence-corrected chi connectivity index (χ1v) is 12.7. The lowest BCUT2D eigenvalue weighted by atomic mass is 9.86. The van der Waals surface area contributed by atoms with Gasteiger partial charge in [0.25, 0.3) is 0 Å². The van der Waals surface area contributed by atoms with Gasteiger partial charge in [0, 0.05) is 29.8 Å². The van der Waals surface area contributed by atoms with Gasteiger partial charge in [0.1, 0.15) is 5.60 Å². The average Bonchev–Trinajstić information content (AvgIpc) is 3.24. The highest BCUT2D eigenvalue weighted by molar-refractivity contribution is 9.10. The zero-order valence-corrected chi connectivity index (χ0v) is 21.1. The minimum Gasteiger partial charge on any atom is -0.444 e. The van der Waals surface area contributed by atoms with Crippen LogP contribution in [0, 0.1) is 5.92 Å². The maximum atomic E-state index is 12.4. The molecule has 1 amide bonds. The lowest BCUT2D eigenvalue weighted by Gasteiger charge is -2.34. The molecule has 2 aliphatic heterocycles. The molecule has 0 N–H and O–H groups in total. The molecule has 4 nitrogen and oxygen atoms in total. The van der Waals surface area contributed by atoms with E-state index in [0.717, 1.165) is 43.4 Å². The molecule has 2 aliphatic rings. The maximum Gasteiger partial charge on any atom is 0.410 e. The topological polar surface area (TPSA) is 32.8 Å². The molecule has 0 aromatic heterocycles. The van der Waals surface area contributed by atoms with Crippen molar-refractivity contribution in [2.75, 3.05) is 24.5 Å². The third-order valence-electron chi connectivity index (χ3n) is 6.60. The SMILES string of the molecule is CC(C)(C)OC(=O)N1CCC(Cc2ccccc2C2CCCN2c2ccc(Br)cc2)CC1. The molecule has 2 aromatic carbocycles. The molecule has 172 valence electrons. The molecule has 0 bridgehead atoms. The van der Waals surface area contributed by atoms with Crippen LogP contribution in [-0.4, -0.2) is 36.2 Å². The van der Waals surface area contributed by atoms with Crippen molar-refractivity contribution in [2.24, 2.45) is 5.92 Å². The second kappa shape index (κ2) is 9.86. The Morgan fingerprint density at radius 1 is 1.00 bits per heavy atom. The summed E-state index contributed by atoms with van der Waals surface area (Å²) in [5.41, 5.74) is 3.81. The number of carbonyl (C=O) groups excluding carboxylic acids is 1. The van der Waals surface area contributed by atoms with Gasteiger partial charge in [-0.1, -0.05) is 40.2 Å².